The zero-order chi connectivity index (χ0) is 15.2. The molecule has 21 heavy (non-hydrogen) atoms. The fraction of sp³-hybridized carbons (Fsp3) is 0.214. The van der Waals surface area contributed by atoms with Gasteiger partial charge in [0, 0.05) is 31.9 Å². The molecule has 0 aliphatic rings. The van der Waals surface area contributed by atoms with Gasteiger partial charge in [-0.2, -0.15) is 0 Å². The first-order valence-corrected chi connectivity index (χ1v) is 7.48. The van der Waals surface area contributed by atoms with E-state index < -0.39 is 0 Å². The average Bonchev–Trinajstić information content (AvgIpc) is 2.90. The fourth-order valence-electron chi connectivity index (χ4n) is 1.79. The quantitative estimate of drug-likeness (QED) is 0.794. The molecule has 0 bridgehead atoms. The van der Waals surface area contributed by atoms with Gasteiger partial charge in [0.05, 0.1) is 4.99 Å². The Bertz CT molecular complexity index is 630. The highest BCUT2D eigenvalue weighted by Crippen LogP contribution is 2.17. The van der Waals surface area contributed by atoms with Crippen molar-refractivity contribution >= 4 is 39.0 Å². The molecule has 0 aliphatic heterocycles. The van der Waals surface area contributed by atoms with Crippen molar-refractivity contribution < 1.29 is 9.21 Å². The number of hydrogen-bond donors (Lipinski definition) is 1. The summed E-state index contributed by atoms with van der Waals surface area (Å²) in [6, 6.07) is 7.05. The van der Waals surface area contributed by atoms with E-state index in [4.69, 9.17) is 22.4 Å². The minimum absolute atomic E-state index is 0.208. The van der Waals surface area contributed by atoms with E-state index in [0.717, 1.165) is 5.56 Å². The number of pyridine rings is 1. The third kappa shape index (κ3) is 4.64. The van der Waals surface area contributed by atoms with Gasteiger partial charge in [0.2, 0.25) is 0 Å². The van der Waals surface area contributed by atoms with Gasteiger partial charge in [0.15, 0.2) is 10.4 Å². The first-order valence-electron chi connectivity index (χ1n) is 6.28. The predicted octanol–water partition coefficient (Wildman–Crippen LogP) is 2.76. The molecule has 2 rings (SSSR count). The van der Waals surface area contributed by atoms with Crippen LogP contribution in [0.5, 0.6) is 0 Å². The van der Waals surface area contributed by atoms with Crippen LogP contribution in [0.1, 0.15) is 22.5 Å². The van der Waals surface area contributed by atoms with E-state index in [1.165, 1.54) is 0 Å². The van der Waals surface area contributed by atoms with E-state index in [0.29, 0.717) is 29.2 Å². The number of rotatable bonds is 6. The second kappa shape index (κ2) is 7.33. The molecule has 110 valence electrons. The number of hydrogen-bond acceptors (Lipinski definition) is 4. The van der Waals surface area contributed by atoms with Crippen molar-refractivity contribution in [2.45, 2.75) is 13.0 Å². The number of thiocarbonyl (C=S) groups is 1. The normalized spacial score (nSPS) is 10.3. The van der Waals surface area contributed by atoms with E-state index >= 15 is 0 Å². The largest absolute Gasteiger partial charge is 0.444 e. The lowest BCUT2D eigenvalue weighted by molar-refractivity contribution is 0.0714. The van der Waals surface area contributed by atoms with Crippen molar-refractivity contribution in [3.05, 3.63) is 52.7 Å². The van der Waals surface area contributed by atoms with Crippen LogP contribution >= 0.6 is 28.1 Å². The lowest BCUT2D eigenvalue weighted by Gasteiger charge is -2.21. The van der Waals surface area contributed by atoms with Gasteiger partial charge in [-0.15, -0.1) is 0 Å². The average molecular weight is 368 g/mol. The van der Waals surface area contributed by atoms with Gasteiger partial charge >= 0.3 is 0 Å². The number of nitrogens with zero attached hydrogens (tertiary/aromatic N) is 2. The number of carbonyl (C=O) groups excluding carboxylic acids is 1. The highest BCUT2D eigenvalue weighted by Gasteiger charge is 2.19. The van der Waals surface area contributed by atoms with E-state index in [1.807, 2.05) is 12.1 Å². The molecule has 7 heteroatoms. The smallest absolute Gasteiger partial charge is 0.289 e. The molecule has 2 N–H and O–H groups in total. The zero-order valence-electron chi connectivity index (χ0n) is 11.2. The summed E-state index contributed by atoms with van der Waals surface area (Å²) < 4.78 is 5.83. The molecule has 2 aromatic rings. The monoisotopic (exact) mass is 367 g/mol. The molecule has 0 aromatic carbocycles. The summed E-state index contributed by atoms with van der Waals surface area (Å²) in [7, 11) is 0. The highest BCUT2D eigenvalue weighted by atomic mass is 79.9. The van der Waals surface area contributed by atoms with Gasteiger partial charge in [0.1, 0.15) is 0 Å². The van der Waals surface area contributed by atoms with Gasteiger partial charge in [-0.05, 0) is 39.7 Å². The number of nitrogens with two attached hydrogens (primary N) is 1. The minimum atomic E-state index is -0.208. The Morgan fingerprint density at radius 1 is 1.43 bits per heavy atom. The van der Waals surface area contributed by atoms with Gasteiger partial charge in [-0.25, -0.2) is 0 Å². The van der Waals surface area contributed by atoms with Gasteiger partial charge < -0.3 is 15.1 Å². The van der Waals surface area contributed by atoms with Crippen LogP contribution in [0.15, 0.2) is 45.7 Å². The summed E-state index contributed by atoms with van der Waals surface area (Å²) in [4.78, 5) is 18.5. The number of amides is 1. The number of furan rings is 1. The van der Waals surface area contributed by atoms with Crippen LogP contribution in [0.2, 0.25) is 0 Å². The van der Waals surface area contributed by atoms with Crippen LogP contribution in [-0.2, 0) is 6.54 Å². The number of aromatic nitrogens is 1. The summed E-state index contributed by atoms with van der Waals surface area (Å²) in [5.41, 5.74) is 6.46. The molecule has 0 unspecified atom stereocenters. The van der Waals surface area contributed by atoms with Crippen molar-refractivity contribution in [2.24, 2.45) is 5.73 Å². The Morgan fingerprint density at radius 2 is 2.24 bits per heavy atom. The Hall–Kier alpha value is -1.73. The molecular formula is C14H14BrN3O2S. The molecule has 0 atom stereocenters. The fourth-order valence-corrected chi connectivity index (χ4v) is 2.19. The van der Waals surface area contributed by atoms with E-state index in [2.05, 4.69) is 20.9 Å². The summed E-state index contributed by atoms with van der Waals surface area (Å²) in [6.45, 7) is 0.856. The first-order chi connectivity index (χ1) is 10.1. The third-order valence-electron chi connectivity index (χ3n) is 2.80. The minimum Gasteiger partial charge on any atom is -0.444 e. The lowest BCUT2D eigenvalue weighted by Crippen LogP contribution is -2.33. The van der Waals surface area contributed by atoms with Crippen LogP contribution < -0.4 is 5.73 Å². The Balaban J connectivity index is 2.14. The molecule has 0 saturated heterocycles. The molecule has 5 nitrogen and oxygen atoms in total. The third-order valence-corrected chi connectivity index (χ3v) is 3.43. The summed E-state index contributed by atoms with van der Waals surface area (Å²) in [5.74, 6) is 0.0644. The van der Waals surface area contributed by atoms with E-state index in [9.17, 15) is 4.79 Å². The molecule has 2 aromatic heterocycles. The molecule has 0 saturated carbocycles. The molecule has 0 aliphatic carbocycles. The van der Waals surface area contributed by atoms with Crippen LogP contribution in [0, 0.1) is 0 Å². The Kier molecular flexibility index (Phi) is 5.46. The topological polar surface area (TPSA) is 72.4 Å². The highest BCUT2D eigenvalue weighted by molar-refractivity contribution is 9.10. The van der Waals surface area contributed by atoms with E-state index in [1.54, 1.807) is 29.4 Å². The van der Waals surface area contributed by atoms with Gasteiger partial charge in [-0.3, -0.25) is 9.78 Å². The van der Waals surface area contributed by atoms with Crippen molar-refractivity contribution in [1.29, 1.82) is 0 Å². The maximum absolute atomic E-state index is 12.5. The van der Waals surface area contributed by atoms with Crippen LogP contribution in [0.3, 0.4) is 0 Å². The molecule has 2 heterocycles. The molecule has 1 amide bonds. The van der Waals surface area contributed by atoms with Gasteiger partial charge in [-0.1, -0.05) is 18.3 Å². The van der Waals surface area contributed by atoms with Gasteiger partial charge in [0.25, 0.3) is 5.91 Å². The molecule has 0 fully saturated rings. The second-order valence-electron chi connectivity index (χ2n) is 4.41. The maximum Gasteiger partial charge on any atom is 0.289 e. The van der Waals surface area contributed by atoms with Crippen LogP contribution in [0.25, 0.3) is 0 Å². The Morgan fingerprint density at radius 3 is 2.81 bits per heavy atom. The van der Waals surface area contributed by atoms with Crippen molar-refractivity contribution in [3.63, 3.8) is 0 Å². The van der Waals surface area contributed by atoms with Crippen LogP contribution in [0.4, 0.5) is 0 Å². The van der Waals surface area contributed by atoms with Crippen molar-refractivity contribution in [3.8, 4) is 0 Å². The van der Waals surface area contributed by atoms with E-state index in [-0.39, 0.29) is 11.7 Å². The van der Waals surface area contributed by atoms with Crippen LogP contribution in [-0.4, -0.2) is 27.3 Å². The molecule has 0 spiro atoms. The predicted molar refractivity (Wildman–Crippen MR) is 86.8 cm³/mol. The van der Waals surface area contributed by atoms with Crippen molar-refractivity contribution in [1.82, 2.24) is 9.88 Å². The summed E-state index contributed by atoms with van der Waals surface area (Å²) in [5, 5.41) is 0. The number of carbonyl (C=O) groups is 1. The SMILES string of the molecule is NC(=S)CCN(Cc1cccnc1)C(=O)c1ccc(Br)o1. The molecular weight excluding hydrogens is 354 g/mol. The maximum atomic E-state index is 12.5. The molecule has 0 radical (unpaired) electrons. The Labute approximate surface area is 136 Å². The second-order valence-corrected chi connectivity index (χ2v) is 5.71. The first kappa shape index (κ1) is 15.7. The summed E-state index contributed by atoms with van der Waals surface area (Å²) >= 11 is 8.07. The summed E-state index contributed by atoms with van der Waals surface area (Å²) in [6.07, 6.45) is 3.87. The zero-order valence-corrected chi connectivity index (χ0v) is 13.6. The standard InChI is InChI=1S/C14H14BrN3O2S/c15-12-4-3-11(20-12)14(19)18(7-5-13(16)21)9-10-2-1-6-17-8-10/h1-4,6,8H,5,7,9H2,(H2,16,21). The number of halogens is 1. The van der Waals surface area contributed by atoms with Crippen molar-refractivity contribution in [2.75, 3.05) is 6.54 Å². The lowest BCUT2D eigenvalue weighted by atomic mass is 10.2.